The molecule has 0 atom stereocenters. The zero-order chi connectivity index (χ0) is 20.8. The Morgan fingerprint density at radius 3 is 2.33 bits per heavy atom. The molecule has 2 aromatic heterocycles. The van der Waals surface area contributed by atoms with E-state index in [4.69, 9.17) is 4.42 Å². The molecule has 0 saturated heterocycles. The predicted octanol–water partition coefficient (Wildman–Crippen LogP) is 7.52. The van der Waals surface area contributed by atoms with E-state index in [-0.39, 0.29) is 0 Å². The summed E-state index contributed by atoms with van der Waals surface area (Å²) < 4.78 is 6.50. The number of hydrogen-bond donors (Lipinski definition) is 0. The molecule has 0 bridgehead atoms. The zero-order valence-electron chi connectivity index (χ0n) is 17.9. The van der Waals surface area contributed by atoms with Gasteiger partial charge in [-0.05, 0) is 41.5 Å². The zero-order valence-corrected chi connectivity index (χ0v) is 17.9. The molecule has 0 unspecified atom stereocenters. The smallest absolute Gasteiger partial charge is 0.144 e. The van der Waals surface area contributed by atoms with Crippen LogP contribution in [0.5, 0.6) is 0 Å². The van der Waals surface area contributed by atoms with E-state index < -0.39 is 0 Å². The van der Waals surface area contributed by atoms with Gasteiger partial charge in [0.15, 0.2) is 0 Å². The van der Waals surface area contributed by atoms with Crippen LogP contribution >= 0.6 is 0 Å². The first-order chi connectivity index (χ1) is 14.5. The number of para-hydroxylation sites is 2. The quantitative estimate of drug-likeness (QED) is 0.316. The molecule has 0 amide bonds. The molecular formula is C27H26N2O. The van der Waals surface area contributed by atoms with Crippen LogP contribution in [0.4, 0.5) is 0 Å². The largest absolute Gasteiger partial charge is 0.455 e. The van der Waals surface area contributed by atoms with Crippen molar-refractivity contribution in [3.8, 4) is 11.3 Å². The van der Waals surface area contributed by atoms with Gasteiger partial charge in [0.1, 0.15) is 17.5 Å². The van der Waals surface area contributed by atoms with Gasteiger partial charge in [-0.25, -0.2) is 9.97 Å². The third-order valence-electron chi connectivity index (χ3n) is 5.78. The van der Waals surface area contributed by atoms with Crippen molar-refractivity contribution >= 4 is 32.8 Å². The normalized spacial score (nSPS) is 12.1. The topological polar surface area (TPSA) is 38.9 Å². The van der Waals surface area contributed by atoms with Gasteiger partial charge in [-0.2, -0.15) is 0 Å². The fraction of sp³-hybridized carbons (Fsp3) is 0.259. The average molecular weight is 395 g/mol. The van der Waals surface area contributed by atoms with Crippen molar-refractivity contribution in [1.82, 2.24) is 9.97 Å². The van der Waals surface area contributed by atoms with Gasteiger partial charge in [0.2, 0.25) is 0 Å². The number of aromatic nitrogens is 2. The molecule has 0 radical (unpaired) electrons. The Hall–Kier alpha value is -3.20. The summed E-state index contributed by atoms with van der Waals surface area (Å²) >= 11 is 0. The molecule has 2 heterocycles. The van der Waals surface area contributed by atoms with E-state index >= 15 is 0 Å². The molecule has 3 nitrogen and oxygen atoms in total. The molecule has 0 saturated carbocycles. The number of hydrogen-bond acceptors (Lipinski definition) is 3. The van der Waals surface area contributed by atoms with Crippen LogP contribution in [0.25, 0.3) is 44.1 Å². The Bertz CT molecular complexity index is 1380. The number of benzene rings is 3. The van der Waals surface area contributed by atoms with Crippen molar-refractivity contribution in [1.29, 1.82) is 0 Å². The molecule has 5 aromatic rings. The maximum atomic E-state index is 6.50. The summed E-state index contributed by atoms with van der Waals surface area (Å²) in [7, 11) is 0. The molecule has 3 heteroatoms. The van der Waals surface area contributed by atoms with Gasteiger partial charge in [-0.3, -0.25) is 0 Å². The Morgan fingerprint density at radius 1 is 0.800 bits per heavy atom. The maximum absolute atomic E-state index is 6.50. The fourth-order valence-corrected chi connectivity index (χ4v) is 4.40. The highest BCUT2D eigenvalue weighted by atomic mass is 16.3. The Morgan fingerprint density at radius 2 is 1.57 bits per heavy atom. The summed E-state index contributed by atoms with van der Waals surface area (Å²) in [6, 6.07) is 19.3. The van der Waals surface area contributed by atoms with Crippen LogP contribution in [0, 0.1) is 5.92 Å². The molecule has 0 aliphatic carbocycles. The Labute approximate surface area is 176 Å². The Kier molecular flexibility index (Phi) is 4.54. The van der Waals surface area contributed by atoms with Crippen molar-refractivity contribution < 1.29 is 4.42 Å². The fourth-order valence-electron chi connectivity index (χ4n) is 4.40. The van der Waals surface area contributed by atoms with E-state index in [1.165, 1.54) is 11.1 Å². The van der Waals surface area contributed by atoms with Crippen LogP contribution in [0.3, 0.4) is 0 Å². The summed E-state index contributed by atoms with van der Waals surface area (Å²) in [5, 5.41) is 3.35. The van der Waals surface area contributed by atoms with Crippen LogP contribution in [0.15, 0.2) is 65.3 Å². The van der Waals surface area contributed by atoms with Crippen LogP contribution in [-0.2, 0) is 6.42 Å². The first-order valence-electron chi connectivity index (χ1n) is 10.7. The van der Waals surface area contributed by atoms with E-state index in [9.17, 15) is 0 Å². The minimum absolute atomic E-state index is 0.400. The summed E-state index contributed by atoms with van der Waals surface area (Å²) in [6.07, 6.45) is 2.71. The first kappa shape index (κ1) is 18.8. The lowest BCUT2D eigenvalue weighted by atomic mass is 9.98. The molecule has 5 rings (SSSR count). The van der Waals surface area contributed by atoms with Crippen molar-refractivity contribution in [2.24, 2.45) is 5.92 Å². The SMILES string of the molecule is CC(C)Cc1ccc2c(-c3cccc4c3oc3c(C(C)C)cccc34)ncnc2c1. The van der Waals surface area contributed by atoms with E-state index in [1.807, 2.05) is 0 Å². The van der Waals surface area contributed by atoms with Crippen LogP contribution < -0.4 is 0 Å². The second-order valence-corrected chi connectivity index (χ2v) is 8.83. The maximum Gasteiger partial charge on any atom is 0.144 e. The molecule has 0 fully saturated rings. The van der Waals surface area contributed by atoms with E-state index in [2.05, 4.69) is 92.3 Å². The average Bonchev–Trinajstić information content (AvgIpc) is 3.11. The molecule has 0 aliphatic rings. The standard InChI is InChI=1S/C27H26N2O/c1-16(2)13-18-11-12-22-24(14-18)28-15-29-25(22)23-10-6-9-21-20-8-5-7-19(17(3)4)26(20)30-27(21)23/h5-12,14-17H,13H2,1-4H3. The van der Waals surface area contributed by atoms with Crippen LogP contribution in [0.2, 0.25) is 0 Å². The molecule has 3 aromatic carbocycles. The summed E-state index contributed by atoms with van der Waals surface area (Å²) in [6.45, 7) is 8.89. The number of nitrogens with zero attached hydrogens (tertiary/aromatic N) is 2. The minimum atomic E-state index is 0.400. The first-order valence-corrected chi connectivity index (χ1v) is 10.7. The highest BCUT2D eigenvalue weighted by Gasteiger charge is 2.18. The molecule has 30 heavy (non-hydrogen) atoms. The molecule has 0 spiro atoms. The Balaban J connectivity index is 1.76. The third-order valence-corrected chi connectivity index (χ3v) is 5.78. The van der Waals surface area contributed by atoms with Crippen molar-refractivity contribution in [2.45, 2.75) is 40.0 Å². The number of rotatable bonds is 4. The van der Waals surface area contributed by atoms with Crippen molar-refractivity contribution in [3.63, 3.8) is 0 Å². The summed E-state index contributed by atoms with van der Waals surface area (Å²) in [4.78, 5) is 9.23. The summed E-state index contributed by atoms with van der Waals surface area (Å²) in [5.74, 6) is 1.01. The lowest BCUT2D eigenvalue weighted by Crippen LogP contribution is -1.95. The second-order valence-electron chi connectivity index (χ2n) is 8.83. The van der Waals surface area contributed by atoms with Gasteiger partial charge in [0, 0.05) is 21.7 Å². The van der Waals surface area contributed by atoms with E-state index in [1.54, 1.807) is 6.33 Å². The van der Waals surface area contributed by atoms with Crippen LogP contribution in [-0.4, -0.2) is 9.97 Å². The summed E-state index contributed by atoms with van der Waals surface area (Å²) in [5.41, 5.74) is 7.34. The molecule has 150 valence electrons. The minimum Gasteiger partial charge on any atom is -0.455 e. The molecule has 0 N–H and O–H groups in total. The van der Waals surface area contributed by atoms with Gasteiger partial charge in [-0.1, -0.05) is 70.2 Å². The third kappa shape index (κ3) is 3.06. The lowest BCUT2D eigenvalue weighted by molar-refractivity contribution is 0.647. The van der Waals surface area contributed by atoms with E-state index in [0.29, 0.717) is 11.8 Å². The lowest BCUT2D eigenvalue weighted by Gasteiger charge is -2.09. The van der Waals surface area contributed by atoms with Gasteiger partial charge in [-0.15, -0.1) is 0 Å². The number of fused-ring (bicyclic) bond motifs is 4. The van der Waals surface area contributed by atoms with Gasteiger partial charge >= 0.3 is 0 Å². The monoisotopic (exact) mass is 394 g/mol. The predicted molar refractivity (Wildman–Crippen MR) is 125 cm³/mol. The van der Waals surface area contributed by atoms with Gasteiger partial charge in [0.25, 0.3) is 0 Å². The highest BCUT2D eigenvalue weighted by Crippen LogP contribution is 2.39. The van der Waals surface area contributed by atoms with E-state index in [0.717, 1.165) is 50.5 Å². The van der Waals surface area contributed by atoms with Gasteiger partial charge < -0.3 is 4.42 Å². The second kappa shape index (κ2) is 7.24. The van der Waals surface area contributed by atoms with Crippen molar-refractivity contribution in [3.05, 3.63) is 72.1 Å². The molecule has 0 aliphatic heterocycles. The van der Waals surface area contributed by atoms with Crippen LogP contribution in [0.1, 0.15) is 44.7 Å². The highest BCUT2D eigenvalue weighted by molar-refractivity contribution is 6.11. The van der Waals surface area contributed by atoms with Crippen molar-refractivity contribution in [2.75, 3.05) is 0 Å². The van der Waals surface area contributed by atoms with Gasteiger partial charge in [0.05, 0.1) is 11.2 Å². The number of furan rings is 1. The molecular weight excluding hydrogens is 368 g/mol.